The lowest BCUT2D eigenvalue weighted by Gasteiger charge is -2.05. The molecule has 1 heterocycles. The number of hydrogen-bond donors (Lipinski definition) is 1. The van der Waals surface area contributed by atoms with Crippen molar-refractivity contribution >= 4 is 25.8 Å². The van der Waals surface area contributed by atoms with E-state index in [1.165, 1.54) is 6.26 Å². The number of aromatic nitrogens is 2. The summed E-state index contributed by atoms with van der Waals surface area (Å²) < 4.78 is 24.8. The number of nitrogens with one attached hydrogen (secondary N) is 1. The number of sulfone groups is 1. The summed E-state index contributed by atoms with van der Waals surface area (Å²) in [6, 6.07) is 0. The predicted molar refractivity (Wildman–Crippen MR) is 76.3 cm³/mol. The Morgan fingerprint density at radius 1 is 1.44 bits per heavy atom. The third kappa shape index (κ3) is 4.70. The number of nitrogens with zero attached hydrogens (tertiary/aromatic N) is 2. The van der Waals surface area contributed by atoms with Crippen molar-refractivity contribution in [2.45, 2.75) is 26.3 Å². The zero-order valence-electron chi connectivity index (χ0n) is 11.0. The van der Waals surface area contributed by atoms with Gasteiger partial charge in [-0.2, -0.15) is 5.10 Å². The van der Waals surface area contributed by atoms with E-state index < -0.39 is 9.84 Å². The Morgan fingerprint density at radius 2 is 2.11 bits per heavy atom. The van der Waals surface area contributed by atoms with Gasteiger partial charge in [0.25, 0.3) is 0 Å². The number of hydrogen-bond acceptors (Lipinski definition) is 4. The summed E-state index contributed by atoms with van der Waals surface area (Å²) in [6.45, 7) is 3.44. The summed E-state index contributed by atoms with van der Waals surface area (Å²) >= 11 is 3.54. The Morgan fingerprint density at radius 3 is 2.61 bits per heavy atom. The van der Waals surface area contributed by atoms with E-state index in [0.717, 1.165) is 22.3 Å². The molecule has 0 aliphatic carbocycles. The lowest BCUT2D eigenvalue weighted by Crippen LogP contribution is -2.19. The van der Waals surface area contributed by atoms with E-state index in [2.05, 4.69) is 33.3 Å². The highest BCUT2D eigenvalue weighted by Gasteiger charge is 2.11. The highest BCUT2D eigenvalue weighted by molar-refractivity contribution is 9.10. The minimum Gasteiger partial charge on any atom is -0.311 e. The Kier molecular flexibility index (Phi) is 5.81. The van der Waals surface area contributed by atoms with Gasteiger partial charge in [-0.3, -0.25) is 4.68 Å². The third-order valence-electron chi connectivity index (χ3n) is 2.66. The Bertz CT molecular complexity index is 497. The van der Waals surface area contributed by atoms with E-state index in [0.29, 0.717) is 19.5 Å². The number of halogens is 1. The Balaban J connectivity index is 2.42. The van der Waals surface area contributed by atoms with Crippen LogP contribution in [0.3, 0.4) is 0 Å². The van der Waals surface area contributed by atoms with E-state index in [-0.39, 0.29) is 5.75 Å². The minimum absolute atomic E-state index is 0.229. The second kappa shape index (κ2) is 6.68. The molecule has 1 aromatic rings. The molecule has 1 N–H and O–H groups in total. The molecule has 0 aliphatic heterocycles. The molecule has 7 heteroatoms. The van der Waals surface area contributed by atoms with Crippen LogP contribution < -0.4 is 5.32 Å². The quantitative estimate of drug-likeness (QED) is 0.761. The average Bonchev–Trinajstić information content (AvgIpc) is 2.53. The molecule has 0 amide bonds. The summed E-state index contributed by atoms with van der Waals surface area (Å²) in [4.78, 5) is 0. The van der Waals surface area contributed by atoms with E-state index in [4.69, 9.17) is 0 Å². The Labute approximate surface area is 117 Å². The van der Waals surface area contributed by atoms with Crippen molar-refractivity contribution in [3.8, 4) is 0 Å². The molecule has 0 unspecified atom stereocenters. The third-order valence-corrected chi connectivity index (χ3v) is 4.61. The molecule has 104 valence electrons. The molecule has 0 aromatic carbocycles. The standard InChI is InChI=1S/C11H20BrN3O2S/c1-4-9-11(12)10(15(2)14-9)8-13-6-5-7-18(3,16)17/h13H,4-8H2,1-3H3. The largest absolute Gasteiger partial charge is 0.311 e. The first-order valence-electron chi connectivity index (χ1n) is 5.93. The molecule has 0 saturated heterocycles. The molecule has 0 bridgehead atoms. The Hall–Kier alpha value is -0.400. The van der Waals surface area contributed by atoms with Crippen LogP contribution in [0.15, 0.2) is 4.47 Å². The molecule has 1 rings (SSSR count). The average molecular weight is 338 g/mol. The van der Waals surface area contributed by atoms with Crippen molar-refractivity contribution in [3.05, 3.63) is 15.9 Å². The lowest BCUT2D eigenvalue weighted by atomic mass is 10.3. The summed E-state index contributed by atoms with van der Waals surface area (Å²) in [7, 11) is -0.938. The van der Waals surface area contributed by atoms with Gasteiger partial charge in [0, 0.05) is 19.8 Å². The van der Waals surface area contributed by atoms with Crippen LogP contribution in [0.25, 0.3) is 0 Å². The molecule has 18 heavy (non-hydrogen) atoms. The molecule has 0 atom stereocenters. The molecular weight excluding hydrogens is 318 g/mol. The maximum Gasteiger partial charge on any atom is 0.147 e. The maximum atomic E-state index is 11.0. The fourth-order valence-electron chi connectivity index (χ4n) is 1.68. The van der Waals surface area contributed by atoms with Crippen LogP contribution in [0.5, 0.6) is 0 Å². The van der Waals surface area contributed by atoms with Gasteiger partial charge in [0.05, 0.1) is 21.6 Å². The monoisotopic (exact) mass is 337 g/mol. The van der Waals surface area contributed by atoms with Crippen LogP contribution in [0.4, 0.5) is 0 Å². The summed E-state index contributed by atoms with van der Waals surface area (Å²) in [5.74, 6) is 0.229. The van der Waals surface area contributed by atoms with Gasteiger partial charge in [0.2, 0.25) is 0 Å². The van der Waals surface area contributed by atoms with E-state index in [1.807, 2.05) is 11.7 Å². The first kappa shape index (κ1) is 15.7. The van der Waals surface area contributed by atoms with E-state index in [9.17, 15) is 8.42 Å². The van der Waals surface area contributed by atoms with E-state index >= 15 is 0 Å². The van der Waals surface area contributed by atoms with Crippen LogP contribution in [-0.4, -0.2) is 36.8 Å². The van der Waals surface area contributed by atoms with Gasteiger partial charge in [-0.1, -0.05) is 6.92 Å². The SMILES string of the molecule is CCc1nn(C)c(CNCCCS(C)(=O)=O)c1Br. The highest BCUT2D eigenvalue weighted by Crippen LogP contribution is 2.21. The molecule has 0 radical (unpaired) electrons. The van der Waals surface area contributed by atoms with Gasteiger partial charge < -0.3 is 5.32 Å². The van der Waals surface area contributed by atoms with E-state index in [1.54, 1.807) is 0 Å². The zero-order valence-corrected chi connectivity index (χ0v) is 13.4. The highest BCUT2D eigenvalue weighted by atomic mass is 79.9. The predicted octanol–water partition coefficient (Wildman–Crippen LogP) is 1.27. The summed E-state index contributed by atoms with van der Waals surface area (Å²) in [5.41, 5.74) is 2.14. The fourth-order valence-corrected chi connectivity index (χ4v) is 3.10. The van der Waals surface area contributed by atoms with Gasteiger partial charge in [-0.15, -0.1) is 0 Å². The lowest BCUT2D eigenvalue weighted by molar-refractivity contribution is 0.588. The van der Waals surface area contributed by atoms with Crippen molar-refractivity contribution < 1.29 is 8.42 Å². The smallest absolute Gasteiger partial charge is 0.147 e. The van der Waals surface area contributed by atoms with Gasteiger partial charge >= 0.3 is 0 Å². The molecule has 0 saturated carbocycles. The number of aryl methyl sites for hydroxylation is 2. The normalized spacial score (nSPS) is 12.0. The molecule has 5 nitrogen and oxygen atoms in total. The maximum absolute atomic E-state index is 11.0. The second-order valence-electron chi connectivity index (χ2n) is 4.34. The molecule has 0 fully saturated rings. The fraction of sp³-hybridized carbons (Fsp3) is 0.727. The van der Waals surface area contributed by atoms with Crippen LogP contribution >= 0.6 is 15.9 Å². The van der Waals surface area contributed by atoms with Crippen LogP contribution in [0.2, 0.25) is 0 Å². The van der Waals surface area contributed by atoms with Crippen molar-refractivity contribution in [2.75, 3.05) is 18.6 Å². The minimum atomic E-state index is -2.85. The number of rotatable bonds is 7. The van der Waals surface area contributed by atoms with Gasteiger partial charge in [-0.05, 0) is 35.3 Å². The van der Waals surface area contributed by atoms with Crippen molar-refractivity contribution in [2.24, 2.45) is 7.05 Å². The van der Waals surface area contributed by atoms with Gasteiger partial charge in [0.15, 0.2) is 0 Å². The van der Waals surface area contributed by atoms with Crippen molar-refractivity contribution in [1.82, 2.24) is 15.1 Å². The molecule has 1 aromatic heterocycles. The van der Waals surface area contributed by atoms with Crippen molar-refractivity contribution in [1.29, 1.82) is 0 Å². The summed E-state index contributed by atoms with van der Waals surface area (Å²) in [5, 5.41) is 7.64. The first-order chi connectivity index (χ1) is 8.35. The summed E-state index contributed by atoms with van der Waals surface area (Å²) in [6.07, 6.45) is 2.79. The topological polar surface area (TPSA) is 64.0 Å². The van der Waals surface area contributed by atoms with Crippen LogP contribution in [0, 0.1) is 0 Å². The van der Waals surface area contributed by atoms with Crippen molar-refractivity contribution in [3.63, 3.8) is 0 Å². The van der Waals surface area contributed by atoms with Gasteiger partial charge in [0.1, 0.15) is 9.84 Å². The van der Waals surface area contributed by atoms with Crippen LogP contribution in [-0.2, 0) is 29.9 Å². The molecule has 0 spiro atoms. The molecule has 0 aliphatic rings. The van der Waals surface area contributed by atoms with Crippen LogP contribution in [0.1, 0.15) is 24.7 Å². The second-order valence-corrected chi connectivity index (χ2v) is 7.40. The van der Waals surface area contributed by atoms with Gasteiger partial charge in [-0.25, -0.2) is 8.42 Å². The first-order valence-corrected chi connectivity index (χ1v) is 8.79. The zero-order chi connectivity index (χ0) is 13.8. The molecular formula is C11H20BrN3O2S.